The van der Waals surface area contributed by atoms with Crippen LogP contribution in [-0.4, -0.2) is 23.2 Å². The summed E-state index contributed by atoms with van der Waals surface area (Å²) in [6, 6.07) is 12.7. The van der Waals surface area contributed by atoms with Crippen molar-refractivity contribution in [1.82, 2.24) is 4.98 Å². The Balaban J connectivity index is 1.97. The Bertz CT molecular complexity index is 1130. The molecule has 124 valence electrons. The van der Waals surface area contributed by atoms with E-state index in [0.29, 0.717) is 17.1 Å². The van der Waals surface area contributed by atoms with Crippen LogP contribution >= 0.6 is 0 Å². The van der Waals surface area contributed by atoms with Crippen molar-refractivity contribution in [3.05, 3.63) is 59.9 Å². The Morgan fingerprint density at radius 3 is 2.80 bits per heavy atom. The summed E-state index contributed by atoms with van der Waals surface area (Å²) < 4.78 is 25.0. The first kappa shape index (κ1) is 15.1. The Labute approximate surface area is 141 Å². The minimum Gasteiger partial charge on any atom is -0.497 e. The fourth-order valence-corrected chi connectivity index (χ4v) is 2.78. The molecule has 0 bridgehead atoms. The second kappa shape index (κ2) is 5.59. The number of halogens is 1. The molecule has 0 aliphatic heterocycles. The van der Waals surface area contributed by atoms with Crippen LogP contribution in [0.5, 0.6) is 5.75 Å². The number of rotatable bonds is 3. The number of hydrogen-bond acceptors (Lipinski definition) is 4. The highest BCUT2D eigenvalue weighted by atomic mass is 19.1. The van der Waals surface area contributed by atoms with Gasteiger partial charge in [0.15, 0.2) is 5.76 Å². The number of benzene rings is 2. The quantitative estimate of drug-likeness (QED) is 0.596. The molecular formula is C19H12FNO4. The third-order valence-electron chi connectivity index (χ3n) is 4.00. The van der Waals surface area contributed by atoms with E-state index in [1.165, 1.54) is 24.3 Å². The molecular weight excluding hydrogens is 325 g/mol. The maximum atomic E-state index is 14.1. The molecule has 0 atom stereocenters. The van der Waals surface area contributed by atoms with Crippen LogP contribution in [0.15, 0.2) is 52.9 Å². The first-order valence-electron chi connectivity index (χ1n) is 7.47. The summed E-state index contributed by atoms with van der Waals surface area (Å²) in [5.74, 6) is -0.746. The van der Waals surface area contributed by atoms with Crippen LogP contribution in [0.25, 0.3) is 33.3 Å². The smallest absolute Gasteiger partial charge is 0.336 e. The van der Waals surface area contributed by atoms with Gasteiger partial charge in [0.1, 0.15) is 28.4 Å². The van der Waals surface area contributed by atoms with Crippen LogP contribution in [0.2, 0.25) is 0 Å². The molecule has 2 heterocycles. The van der Waals surface area contributed by atoms with Crippen LogP contribution in [0.4, 0.5) is 4.39 Å². The Morgan fingerprint density at radius 2 is 2.04 bits per heavy atom. The molecule has 0 radical (unpaired) electrons. The Kier molecular flexibility index (Phi) is 3.39. The van der Waals surface area contributed by atoms with Crippen molar-refractivity contribution >= 4 is 27.8 Å². The minimum atomic E-state index is -1.16. The molecule has 0 fully saturated rings. The predicted octanol–water partition coefficient (Wildman–Crippen LogP) is 4.49. The van der Waals surface area contributed by atoms with E-state index in [0.717, 1.165) is 5.39 Å². The van der Waals surface area contributed by atoms with Crippen molar-refractivity contribution in [2.45, 2.75) is 0 Å². The molecule has 0 unspecified atom stereocenters. The molecule has 25 heavy (non-hydrogen) atoms. The van der Waals surface area contributed by atoms with Gasteiger partial charge < -0.3 is 14.3 Å². The second-order valence-electron chi connectivity index (χ2n) is 5.51. The van der Waals surface area contributed by atoms with Crippen LogP contribution in [0.3, 0.4) is 0 Å². The number of fused-ring (bicyclic) bond motifs is 2. The summed E-state index contributed by atoms with van der Waals surface area (Å²) in [6.45, 7) is 0. The van der Waals surface area contributed by atoms with Gasteiger partial charge in [-0.25, -0.2) is 14.2 Å². The number of pyridine rings is 1. The average Bonchev–Trinajstić information content (AvgIpc) is 3.04. The van der Waals surface area contributed by atoms with Gasteiger partial charge in [0.2, 0.25) is 0 Å². The molecule has 0 aliphatic carbocycles. The Hall–Kier alpha value is -3.41. The first-order valence-corrected chi connectivity index (χ1v) is 7.47. The molecule has 4 aromatic rings. The van der Waals surface area contributed by atoms with Gasteiger partial charge in [-0.1, -0.05) is 12.1 Å². The lowest BCUT2D eigenvalue weighted by molar-refractivity contribution is 0.0699. The highest BCUT2D eigenvalue weighted by Crippen LogP contribution is 2.32. The highest BCUT2D eigenvalue weighted by Gasteiger charge is 2.17. The number of hydrogen-bond donors (Lipinski definition) is 1. The van der Waals surface area contributed by atoms with Gasteiger partial charge in [-0.2, -0.15) is 0 Å². The predicted molar refractivity (Wildman–Crippen MR) is 90.4 cm³/mol. The van der Waals surface area contributed by atoms with Gasteiger partial charge in [0.25, 0.3) is 0 Å². The van der Waals surface area contributed by atoms with E-state index in [2.05, 4.69) is 4.98 Å². The van der Waals surface area contributed by atoms with E-state index in [4.69, 9.17) is 9.15 Å². The number of ether oxygens (including phenoxy) is 1. The van der Waals surface area contributed by atoms with Crippen LogP contribution in [-0.2, 0) is 0 Å². The average molecular weight is 337 g/mol. The van der Waals surface area contributed by atoms with Crippen LogP contribution in [0.1, 0.15) is 10.4 Å². The van der Waals surface area contributed by atoms with Crippen molar-refractivity contribution < 1.29 is 23.4 Å². The summed E-state index contributed by atoms with van der Waals surface area (Å²) in [5.41, 5.74) is 0.791. The van der Waals surface area contributed by atoms with Crippen LogP contribution < -0.4 is 4.74 Å². The lowest BCUT2D eigenvalue weighted by Crippen LogP contribution is -2.01. The van der Waals surface area contributed by atoms with Crippen molar-refractivity contribution in [2.75, 3.05) is 7.11 Å². The standard InChI is InChI=1S/C19H12FNO4/c1-24-11-6-5-10-7-17(25-16(10)8-11)15-9-13(19(22)23)12-3-2-4-14(20)18(12)21-15/h2-9H,1H3,(H,22,23). The zero-order valence-electron chi connectivity index (χ0n) is 13.1. The number of carboxylic acid groups (broad SMARTS) is 1. The lowest BCUT2D eigenvalue weighted by Gasteiger charge is -2.05. The normalized spacial score (nSPS) is 11.1. The maximum absolute atomic E-state index is 14.1. The van der Waals surface area contributed by atoms with E-state index < -0.39 is 11.8 Å². The SMILES string of the molecule is COc1ccc2cc(-c3cc(C(=O)O)c4cccc(F)c4n3)oc2c1. The topological polar surface area (TPSA) is 72.6 Å². The van der Waals surface area contributed by atoms with E-state index in [1.54, 1.807) is 25.3 Å². The zero-order chi connectivity index (χ0) is 17.6. The number of aromatic carboxylic acids is 1. The molecule has 0 amide bonds. The fourth-order valence-electron chi connectivity index (χ4n) is 2.78. The lowest BCUT2D eigenvalue weighted by atomic mass is 10.1. The van der Waals surface area contributed by atoms with E-state index in [9.17, 15) is 14.3 Å². The summed E-state index contributed by atoms with van der Waals surface area (Å²) in [5, 5.41) is 10.5. The molecule has 6 heteroatoms. The second-order valence-corrected chi connectivity index (χ2v) is 5.51. The first-order chi connectivity index (χ1) is 12.1. The fraction of sp³-hybridized carbons (Fsp3) is 0.0526. The van der Waals surface area contributed by atoms with E-state index in [1.807, 2.05) is 6.07 Å². The van der Waals surface area contributed by atoms with E-state index in [-0.39, 0.29) is 22.2 Å². The van der Waals surface area contributed by atoms with Gasteiger partial charge in [-0.15, -0.1) is 0 Å². The van der Waals surface area contributed by atoms with Gasteiger partial charge in [0, 0.05) is 16.8 Å². The zero-order valence-corrected chi connectivity index (χ0v) is 13.1. The number of furan rings is 1. The number of carboxylic acids is 1. The van der Waals surface area contributed by atoms with Crippen molar-refractivity contribution in [3.63, 3.8) is 0 Å². The van der Waals surface area contributed by atoms with Gasteiger partial charge in [-0.05, 0) is 30.3 Å². The molecule has 0 saturated heterocycles. The summed E-state index contributed by atoms with van der Waals surface area (Å²) >= 11 is 0. The van der Waals surface area contributed by atoms with Crippen molar-refractivity contribution in [1.29, 1.82) is 0 Å². The van der Waals surface area contributed by atoms with Gasteiger partial charge in [0.05, 0.1) is 12.7 Å². The highest BCUT2D eigenvalue weighted by molar-refractivity contribution is 6.04. The molecule has 0 aliphatic rings. The molecule has 0 saturated carbocycles. The number of nitrogens with zero attached hydrogens (tertiary/aromatic N) is 1. The number of para-hydroxylation sites is 1. The molecule has 4 rings (SSSR count). The minimum absolute atomic E-state index is 0.00423. The molecule has 0 spiro atoms. The molecule has 2 aromatic carbocycles. The third-order valence-corrected chi connectivity index (χ3v) is 4.00. The largest absolute Gasteiger partial charge is 0.497 e. The summed E-state index contributed by atoms with van der Waals surface area (Å²) in [4.78, 5) is 15.8. The monoisotopic (exact) mass is 337 g/mol. The van der Waals surface area contributed by atoms with Crippen LogP contribution in [0, 0.1) is 5.82 Å². The summed E-state index contributed by atoms with van der Waals surface area (Å²) in [6.07, 6.45) is 0. The van der Waals surface area contributed by atoms with Gasteiger partial charge in [-0.3, -0.25) is 0 Å². The van der Waals surface area contributed by atoms with Gasteiger partial charge >= 0.3 is 5.97 Å². The number of methoxy groups -OCH3 is 1. The number of aromatic nitrogens is 1. The summed E-state index contributed by atoms with van der Waals surface area (Å²) in [7, 11) is 1.55. The van der Waals surface area contributed by atoms with E-state index >= 15 is 0 Å². The third kappa shape index (κ3) is 2.48. The molecule has 5 nitrogen and oxygen atoms in total. The Morgan fingerprint density at radius 1 is 1.20 bits per heavy atom. The maximum Gasteiger partial charge on any atom is 0.336 e. The van der Waals surface area contributed by atoms with Crippen molar-refractivity contribution in [2.24, 2.45) is 0 Å². The van der Waals surface area contributed by atoms with Crippen molar-refractivity contribution in [3.8, 4) is 17.2 Å². The molecule has 2 aromatic heterocycles. The number of carbonyl (C=O) groups is 1. The molecule has 1 N–H and O–H groups in total.